The van der Waals surface area contributed by atoms with Gasteiger partial charge < -0.3 is 20.6 Å². The molecule has 1 fully saturated rings. The fraction of sp³-hybridized carbons (Fsp3) is 0.180. The molecule has 0 unspecified atom stereocenters. The van der Waals surface area contributed by atoms with Gasteiger partial charge in [-0.05, 0) is 114 Å². The van der Waals surface area contributed by atoms with Crippen LogP contribution in [0.15, 0.2) is 141 Å². The highest BCUT2D eigenvalue weighted by atomic mass is 32.2. The van der Waals surface area contributed by atoms with Crippen LogP contribution in [0.3, 0.4) is 0 Å². The normalized spacial score (nSPS) is 12.7. The van der Waals surface area contributed by atoms with Gasteiger partial charge in [0, 0.05) is 76.4 Å². The number of H-pyrrole nitrogens is 4. The quantitative estimate of drug-likeness (QED) is 0.0594. The third kappa shape index (κ3) is 11.3. The molecule has 2 amide bonds. The average molecular weight is 1120 g/mol. The number of pyridine rings is 4. The topological polar surface area (TPSA) is 259 Å². The monoisotopic (exact) mass is 1110 g/mol. The molecule has 1 aliphatic rings. The number of imidazole rings is 2. The van der Waals surface area contributed by atoms with Gasteiger partial charge >= 0.3 is 0 Å². The van der Waals surface area contributed by atoms with Crippen molar-refractivity contribution < 1.29 is 26.8 Å². The minimum Gasteiger partial charge on any atom is -0.335 e. The van der Waals surface area contributed by atoms with Crippen molar-refractivity contribution in [2.75, 3.05) is 22.6 Å². The molecule has 0 atom stereocenters. The summed E-state index contributed by atoms with van der Waals surface area (Å²) in [5.74, 6) is 0.600. The highest BCUT2D eigenvalue weighted by Gasteiger charge is 2.26. The van der Waals surface area contributed by atoms with Gasteiger partial charge in [-0.15, -0.1) is 0 Å². The third-order valence-electron chi connectivity index (χ3n) is 14.3. The largest absolute Gasteiger partial charge is 0.335 e. The van der Waals surface area contributed by atoms with Gasteiger partial charge in [-0.3, -0.25) is 39.7 Å². The molecule has 0 saturated heterocycles. The van der Waals surface area contributed by atoms with Gasteiger partial charge in [0.25, 0.3) is 0 Å². The van der Waals surface area contributed by atoms with E-state index in [9.17, 15) is 26.8 Å². The number of carbonyl (C=O) groups is 2. The number of nitrogens with one attached hydrogen (secondary N) is 6. The summed E-state index contributed by atoms with van der Waals surface area (Å²) >= 11 is 0. The number of hydrogen-bond donors (Lipinski definition) is 6. The summed E-state index contributed by atoms with van der Waals surface area (Å²) in [6.07, 6.45) is 18.3. The number of halogens is 2. The Morgan fingerprint density at radius 2 is 1.12 bits per heavy atom. The lowest BCUT2D eigenvalue weighted by Crippen LogP contribution is -2.28. The number of fused-ring (bicyclic) bond motifs is 4. The standard InChI is InChI=1S/C32H30FN7O3S.C29H22FN7O/c1-18(2)8-29(41)36-24-12-22(14-34-15-24)20-4-5-27-25(13-20)31(40-39-27)32-37-28-17-35-16-26(30(28)38-32)21-9-19(10-23(33)11-21)6-7-44(3,42)43;30-20-7-4-16(5-8-20)23-14-32-15-25-26(23)35-28(34-25)27-22-11-18(6-9-24(22)36-37-27)19-10-21(13-31-12-19)33-29(38)17-2-1-3-17/h4-5,9-18H,6-8H2,1-3H3,(H,36,41)(H,37,38)(H,39,40);4-15,17H,1-3H2,(H,33,38)(H,34,35)(H,36,37). The van der Waals surface area contributed by atoms with Crippen molar-refractivity contribution >= 4 is 76.9 Å². The molecular formula is C61H52F2N14O4S. The zero-order valence-electron chi connectivity index (χ0n) is 44.6. The van der Waals surface area contributed by atoms with Crippen LogP contribution >= 0.6 is 0 Å². The molecule has 0 bridgehead atoms. The van der Waals surface area contributed by atoms with Crippen LogP contribution in [0.2, 0.25) is 0 Å². The van der Waals surface area contributed by atoms with Crippen LogP contribution in [0.5, 0.6) is 0 Å². The van der Waals surface area contributed by atoms with Crippen molar-refractivity contribution in [3.63, 3.8) is 0 Å². The lowest BCUT2D eigenvalue weighted by molar-refractivity contribution is -0.122. The maximum atomic E-state index is 14.6. The van der Waals surface area contributed by atoms with Crippen molar-refractivity contribution in [2.24, 2.45) is 11.8 Å². The molecule has 1 aliphatic carbocycles. The van der Waals surface area contributed by atoms with Crippen LogP contribution in [0.25, 0.3) is 111 Å². The highest BCUT2D eigenvalue weighted by molar-refractivity contribution is 7.90. The minimum absolute atomic E-state index is 0.0576. The highest BCUT2D eigenvalue weighted by Crippen LogP contribution is 2.36. The molecule has 0 spiro atoms. The molecule has 6 N–H and O–H groups in total. The lowest BCUT2D eigenvalue weighted by Gasteiger charge is -2.24. The number of aromatic nitrogens is 12. The van der Waals surface area contributed by atoms with E-state index >= 15 is 0 Å². The molecule has 4 aromatic carbocycles. The zero-order valence-corrected chi connectivity index (χ0v) is 45.4. The molecule has 21 heteroatoms. The van der Waals surface area contributed by atoms with Crippen molar-refractivity contribution in [2.45, 2.75) is 46.0 Å². The fourth-order valence-corrected chi connectivity index (χ4v) is 10.6. The van der Waals surface area contributed by atoms with E-state index < -0.39 is 15.7 Å². The first kappa shape index (κ1) is 52.8. The van der Waals surface area contributed by atoms with Crippen molar-refractivity contribution in [1.29, 1.82) is 0 Å². The SMILES string of the molecule is CC(C)CC(=O)Nc1cncc(-c2ccc3[nH]nc(-c4nc5c(-c6cc(F)cc(CCS(C)(=O)=O)c6)cncc5[nH]4)c3c2)c1.O=C(Nc1cncc(-c2ccc3[nH]nc(-c4nc5c(-c6ccc(F)cc6)cncc5[nH]4)c3c2)c1)C1CCC1. The fourth-order valence-electron chi connectivity index (χ4n) is 9.97. The number of benzene rings is 4. The minimum atomic E-state index is -3.20. The molecule has 12 aromatic rings. The Balaban J connectivity index is 0.000000164. The number of carbonyl (C=O) groups excluding carboxylic acids is 2. The average Bonchev–Trinajstić information content (AvgIpc) is 4.14. The van der Waals surface area contributed by atoms with E-state index in [0.717, 1.165) is 91.7 Å². The molecule has 1 saturated carbocycles. The van der Waals surface area contributed by atoms with Crippen molar-refractivity contribution in [3.8, 4) is 67.5 Å². The zero-order chi connectivity index (χ0) is 56.6. The van der Waals surface area contributed by atoms with Gasteiger partial charge in [0.15, 0.2) is 11.6 Å². The van der Waals surface area contributed by atoms with Gasteiger partial charge in [-0.25, -0.2) is 27.2 Å². The molecule has 410 valence electrons. The number of amides is 2. The number of nitrogens with zero attached hydrogens (tertiary/aromatic N) is 8. The van der Waals surface area contributed by atoms with Crippen molar-refractivity contribution in [1.82, 2.24) is 60.3 Å². The van der Waals surface area contributed by atoms with E-state index in [1.54, 1.807) is 67.8 Å². The molecule has 0 aliphatic heterocycles. The third-order valence-corrected chi connectivity index (χ3v) is 15.3. The summed E-state index contributed by atoms with van der Waals surface area (Å²) < 4.78 is 51.4. The van der Waals surface area contributed by atoms with Gasteiger partial charge in [0.05, 0.1) is 75.0 Å². The number of hydrogen-bond acceptors (Lipinski definition) is 12. The van der Waals surface area contributed by atoms with Gasteiger partial charge in [0.1, 0.15) is 32.9 Å². The Morgan fingerprint density at radius 3 is 1.66 bits per heavy atom. The predicted octanol–water partition coefficient (Wildman–Crippen LogP) is 12.0. The number of aromatic amines is 4. The Labute approximate surface area is 467 Å². The van der Waals surface area contributed by atoms with E-state index in [2.05, 4.69) is 60.9 Å². The summed E-state index contributed by atoms with van der Waals surface area (Å²) in [6.45, 7) is 3.99. The lowest BCUT2D eigenvalue weighted by atomic mass is 9.85. The molecule has 82 heavy (non-hydrogen) atoms. The molecule has 8 heterocycles. The second kappa shape index (κ2) is 22.0. The van der Waals surface area contributed by atoms with E-state index in [1.807, 2.05) is 62.4 Å². The summed E-state index contributed by atoms with van der Waals surface area (Å²) in [5.41, 5.74) is 13.8. The first-order valence-electron chi connectivity index (χ1n) is 26.5. The molecule has 8 aromatic heterocycles. The van der Waals surface area contributed by atoms with E-state index in [1.165, 1.54) is 24.3 Å². The molecule has 13 rings (SSSR count). The Hall–Kier alpha value is -9.89. The van der Waals surface area contributed by atoms with Crippen LogP contribution in [0.4, 0.5) is 20.2 Å². The second-order valence-electron chi connectivity index (χ2n) is 20.9. The van der Waals surface area contributed by atoms with Crippen LogP contribution < -0.4 is 10.6 Å². The van der Waals surface area contributed by atoms with E-state index in [4.69, 9.17) is 9.97 Å². The predicted molar refractivity (Wildman–Crippen MR) is 313 cm³/mol. The maximum Gasteiger partial charge on any atom is 0.227 e. The van der Waals surface area contributed by atoms with Gasteiger partial charge in [-0.2, -0.15) is 10.2 Å². The summed E-state index contributed by atoms with van der Waals surface area (Å²) in [6, 6.07) is 26.5. The first-order valence-corrected chi connectivity index (χ1v) is 28.6. The van der Waals surface area contributed by atoms with Crippen LogP contribution in [0.1, 0.15) is 45.1 Å². The van der Waals surface area contributed by atoms with E-state index in [-0.39, 0.29) is 41.6 Å². The first-order chi connectivity index (χ1) is 39.6. The summed E-state index contributed by atoms with van der Waals surface area (Å²) in [5, 5.41) is 22.8. The number of sulfone groups is 1. The smallest absolute Gasteiger partial charge is 0.227 e. The van der Waals surface area contributed by atoms with Gasteiger partial charge in [-0.1, -0.05) is 50.6 Å². The maximum absolute atomic E-state index is 14.6. The van der Waals surface area contributed by atoms with Crippen LogP contribution in [-0.2, 0) is 25.8 Å². The van der Waals surface area contributed by atoms with Crippen LogP contribution in [0, 0.1) is 23.5 Å². The van der Waals surface area contributed by atoms with Crippen LogP contribution in [-0.4, -0.2) is 92.5 Å². The number of aryl methyl sites for hydroxylation is 1. The van der Waals surface area contributed by atoms with Crippen molar-refractivity contribution in [3.05, 3.63) is 158 Å². The summed E-state index contributed by atoms with van der Waals surface area (Å²) in [4.78, 5) is 58.4. The second-order valence-corrected chi connectivity index (χ2v) is 23.2. The Morgan fingerprint density at radius 1 is 0.585 bits per heavy atom. The number of anilines is 2. The van der Waals surface area contributed by atoms with E-state index in [0.29, 0.717) is 68.6 Å². The molecule has 18 nitrogen and oxygen atoms in total. The molecular weight excluding hydrogens is 1060 g/mol. The Bertz CT molecular complexity index is 4530. The molecule has 0 radical (unpaired) electrons. The number of rotatable bonds is 14. The Kier molecular flexibility index (Phi) is 14.1. The summed E-state index contributed by atoms with van der Waals surface area (Å²) in [7, 11) is -3.20. The van der Waals surface area contributed by atoms with Gasteiger partial charge in [0.2, 0.25) is 11.8 Å².